The van der Waals surface area contributed by atoms with E-state index in [4.69, 9.17) is 18.9 Å². The van der Waals surface area contributed by atoms with Crippen molar-refractivity contribution in [3.05, 3.63) is 48.1 Å². The SMILES string of the molecule is C=C(C)[C@@H]1CC[C@]2(C(=O)OCCOC(=O)/C=C/c3ccc(OC)cc3)CC[C@]3(C)[C@H](CC[C@@H]4[C@@]5(C)CC[C@H](OC(=O)CC(C)(C)C(=O)O)C(C)(C)[C@@H]5CC[C@]43C)[C@@H]12. The first-order valence-electron chi connectivity index (χ1n) is 21.4. The van der Waals surface area contributed by atoms with E-state index >= 15 is 0 Å². The summed E-state index contributed by atoms with van der Waals surface area (Å²) < 4.78 is 22.8. The van der Waals surface area contributed by atoms with Crippen LogP contribution in [0.2, 0.25) is 0 Å². The van der Waals surface area contributed by atoms with Crippen molar-refractivity contribution in [3.8, 4) is 5.75 Å². The van der Waals surface area contributed by atoms with Gasteiger partial charge in [-0.15, -0.1) is 0 Å². The molecule has 1 aromatic rings. The van der Waals surface area contributed by atoms with E-state index in [1.807, 2.05) is 24.3 Å². The lowest BCUT2D eigenvalue weighted by atomic mass is 9.32. The standard InChI is InChI=1S/C48H68O9/c1-30(2)33-19-24-48(42(53)56-28-27-55-38(49)18-13-31-11-14-32(54-10)15-12-31)26-25-46(8)34(40(33)48)16-17-36-45(7)22-21-37(57-39(50)29-43(3,4)41(51)52)44(5,6)35(45)20-23-47(36,46)9/h11-15,18,33-37,40H,1,16-17,19-29H2,2-10H3,(H,51,52)/b18-13+/t33-,34+,35-,36+,37-,40+,45-,46+,47+,48-/m0/s1. The Hall–Kier alpha value is -3.62. The molecule has 1 aromatic carbocycles. The summed E-state index contributed by atoms with van der Waals surface area (Å²) in [5.41, 5.74) is 0.158. The lowest BCUT2D eigenvalue weighted by Gasteiger charge is -2.72. The summed E-state index contributed by atoms with van der Waals surface area (Å²) >= 11 is 0. The molecular weight excluding hydrogens is 721 g/mol. The van der Waals surface area contributed by atoms with Gasteiger partial charge in [-0.1, -0.05) is 58.9 Å². The van der Waals surface area contributed by atoms with Crippen LogP contribution in [-0.2, 0) is 33.4 Å². The quantitative estimate of drug-likeness (QED) is 0.0724. The van der Waals surface area contributed by atoms with Gasteiger partial charge in [-0.2, -0.15) is 0 Å². The van der Waals surface area contributed by atoms with E-state index in [1.54, 1.807) is 27.0 Å². The maximum atomic E-state index is 14.4. The van der Waals surface area contributed by atoms with Crippen LogP contribution in [0.3, 0.4) is 0 Å². The molecule has 0 aromatic heterocycles. The highest BCUT2D eigenvalue weighted by Gasteiger charge is 2.72. The second-order valence-corrected chi connectivity index (χ2v) is 20.5. The zero-order valence-electron chi connectivity index (χ0n) is 36.0. The molecule has 314 valence electrons. The van der Waals surface area contributed by atoms with E-state index in [0.29, 0.717) is 17.8 Å². The number of hydrogen-bond donors (Lipinski definition) is 1. The first-order chi connectivity index (χ1) is 26.7. The molecule has 9 heteroatoms. The Balaban J connectivity index is 1.15. The molecule has 5 aliphatic carbocycles. The molecule has 10 atom stereocenters. The predicted molar refractivity (Wildman–Crippen MR) is 219 cm³/mol. The van der Waals surface area contributed by atoms with Crippen LogP contribution in [-0.4, -0.2) is 55.4 Å². The van der Waals surface area contributed by atoms with Gasteiger partial charge in [0.05, 0.1) is 24.4 Å². The van der Waals surface area contributed by atoms with Crippen molar-refractivity contribution in [1.29, 1.82) is 0 Å². The molecule has 0 amide bonds. The molecule has 57 heavy (non-hydrogen) atoms. The summed E-state index contributed by atoms with van der Waals surface area (Å²) in [6, 6.07) is 7.37. The zero-order valence-corrected chi connectivity index (χ0v) is 36.0. The topological polar surface area (TPSA) is 125 Å². The van der Waals surface area contributed by atoms with Gasteiger partial charge in [0, 0.05) is 11.5 Å². The normalized spacial score (nSPS) is 36.8. The lowest BCUT2D eigenvalue weighted by Crippen LogP contribution is -2.67. The summed E-state index contributed by atoms with van der Waals surface area (Å²) in [5.74, 6) is 0.301. The smallest absolute Gasteiger partial charge is 0.330 e. The number of benzene rings is 1. The molecule has 0 unspecified atom stereocenters. The number of carboxylic acid groups (broad SMARTS) is 1. The maximum absolute atomic E-state index is 14.4. The molecular formula is C48H68O9. The molecule has 1 N–H and O–H groups in total. The van der Waals surface area contributed by atoms with Crippen LogP contribution in [0.4, 0.5) is 0 Å². The lowest BCUT2D eigenvalue weighted by molar-refractivity contribution is -0.251. The van der Waals surface area contributed by atoms with Gasteiger partial charge >= 0.3 is 23.9 Å². The second kappa shape index (κ2) is 15.5. The van der Waals surface area contributed by atoms with Crippen molar-refractivity contribution in [2.24, 2.45) is 62.1 Å². The van der Waals surface area contributed by atoms with Crippen molar-refractivity contribution < 1.29 is 43.2 Å². The van der Waals surface area contributed by atoms with E-state index in [1.165, 1.54) is 6.08 Å². The molecule has 0 heterocycles. The Morgan fingerprint density at radius 3 is 2.18 bits per heavy atom. The zero-order chi connectivity index (χ0) is 41.8. The molecule has 0 spiro atoms. The fourth-order valence-corrected chi connectivity index (χ4v) is 13.7. The van der Waals surface area contributed by atoms with Gasteiger partial charge in [-0.3, -0.25) is 14.4 Å². The molecule has 0 saturated heterocycles. The van der Waals surface area contributed by atoms with Crippen molar-refractivity contribution >= 4 is 30.0 Å². The highest BCUT2D eigenvalue weighted by atomic mass is 16.6. The number of esters is 3. The minimum Gasteiger partial charge on any atom is -0.497 e. The summed E-state index contributed by atoms with van der Waals surface area (Å²) in [7, 11) is 1.61. The highest BCUT2D eigenvalue weighted by molar-refractivity contribution is 5.87. The van der Waals surface area contributed by atoms with Crippen LogP contribution in [0.25, 0.3) is 6.08 Å². The summed E-state index contributed by atoms with van der Waals surface area (Å²) in [6.45, 7) is 21.9. The number of rotatable bonds is 12. The fraction of sp³-hybridized carbons (Fsp3) is 0.708. The van der Waals surface area contributed by atoms with E-state index < -0.39 is 28.7 Å². The van der Waals surface area contributed by atoms with Gasteiger partial charge in [0.1, 0.15) is 25.1 Å². The average molecular weight is 789 g/mol. The van der Waals surface area contributed by atoms with E-state index in [0.717, 1.165) is 81.1 Å². The molecule has 0 bridgehead atoms. The van der Waals surface area contributed by atoms with Gasteiger partial charge in [0.2, 0.25) is 0 Å². The van der Waals surface area contributed by atoms with Crippen LogP contribution in [0, 0.1) is 62.1 Å². The molecule has 0 radical (unpaired) electrons. The number of carboxylic acids is 1. The van der Waals surface area contributed by atoms with Crippen LogP contribution in [0.5, 0.6) is 5.75 Å². The number of methoxy groups -OCH3 is 1. The summed E-state index contributed by atoms with van der Waals surface area (Å²) in [5, 5.41) is 9.62. The Kier molecular flexibility index (Phi) is 11.7. The number of hydrogen-bond acceptors (Lipinski definition) is 8. The molecule has 5 fully saturated rings. The molecule has 5 aliphatic rings. The van der Waals surface area contributed by atoms with Crippen molar-refractivity contribution in [1.82, 2.24) is 0 Å². The Morgan fingerprint density at radius 1 is 0.842 bits per heavy atom. The molecule has 5 saturated carbocycles. The number of aliphatic carboxylic acids is 1. The van der Waals surface area contributed by atoms with Gasteiger partial charge < -0.3 is 24.1 Å². The van der Waals surface area contributed by atoms with Gasteiger partial charge in [0.15, 0.2) is 0 Å². The van der Waals surface area contributed by atoms with Crippen LogP contribution in [0.1, 0.15) is 132 Å². The first kappa shape index (κ1) is 43.0. The Labute approximate surface area is 340 Å². The number of ether oxygens (including phenoxy) is 4. The maximum Gasteiger partial charge on any atom is 0.330 e. The van der Waals surface area contributed by atoms with Crippen molar-refractivity contribution in [3.63, 3.8) is 0 Å². The van der Waals surface area contributed by atoms with Crippen LogP contribution >= 0.6 is 0 Å². The minimum absolute atomic E-state index is 0.000439. The first-order valence-corrected chi connectivity index (χ1v) is 21.4. The largest absolute Gasteiger partial charge is 0.497 e. The third-order valence-electron chi connectivity index (χ3n) is 16.9. The number of allylic oxidation sites excluding steroid dienone is 1. The van der Waals surface area contributed by atoms with Gasteiger partial charge in [-0.05, 0) is 155 Å². The number of carbonyl (C=O) groups excluding carboxylic acids is 3. The Bertz CT molecular complexity index is 1760. The van der Waals surface area contributed by atoms with E-state index in [-0.39, 0.29) is 65.2 Å². The second-order valence-electron chi connectivity index (χ2n) is 20.5. The van der Waals surface area contributed by atoms with Crippen molar-refractivity contribution in [2.45, 2.75) is 132 Å². The van der Waals surface area contributed by atoms with Gasteiger partial charge in [-0.25, -0.2) is 4.79 Å². The number of carbonyl (C=O) groups is 4. The fourth-order valence-electron chi connectivity index (χ4n) is 13.7. The monoisotopic (exact) mass is 788 g/mol. The third-order valence-corrected chi connectivity index (χ3v) is 16.9. The van der Waals surface area contributed by atoms with Crippen molar-refractivity contribution in [2.75, 3.05) is 20.3 Å². The molecule has 9 nitrogen and oxygen atoms in total. The van der Waals surface area contributed by atoms with Gasteiger partial charge in [0.25, 0.3) is 0 Å². The van der Waals surface area contributed by atoms with E-state index in [9.17, 15) is 24.3 Å². The summed E-state index contributed by atoms with van der Waals surface area (Å²) in [4.78, 5) is 51.7. The van der Waals surface area contributed by atoms with Crippen LogP contribution < -0.4 is 4.74 Å². The predicted octanol–water partition coefficient (Wildman–Crippen LogP) is 9.87. The molecule has 0 aliphatic heterocycles. The third kappa shape index (κ3) is 7.36. The minimum atomic E-state index is -1.17. The highest BCUT2D eigenvalue weighted by Crippen LogP contribution is 2.77. The summed E-state index contributed by atoms with van der Waals surface area (Å²) in [6.07, 6.45) is 12.2. The average Bonchev–Trinajstić information content (AvgIpc) is 3.55. The molecule has 6 rings (SSSR count). The Morgan fingerprint density at radius 2 is 1.53 bits per heavy atom. The number of fused-ring (bicyclic) bond motifs is 7. The van der Waals surface area contributed by atoms with E-state index in [2.05, 4.69) is 48.1 Å². The van der Waals surface area contributed by atoms with Crippen LogP contribution in [0.15, 0.2) is 42.5 Å².